The summed E-state index contributed by atoms with van der Waals surface area (Å²) in [6.07, 6.45) is 0.0391. The Bertz CT molecular complexity index is 801. The minimum atomic E-state index is -3.58. The third-order valence-electron chi connectivity index (χ3n) is 3.00. The van der Waals surface area contributed by atoms with Crippen LogP contribution in [0.15, 0.2) is 42.5 Å². The van der Waals surface area contributed by atoms with E-state index in [4.69, 9.17) is 28.3 Å². The van der Waals surface area contributed by atoms with Crippen LogP contribution in [0.2, 0.25) is 10.0 Å². The summed E-state index contributed by atoms with van der Waals surface area (Å²) in [6, 6.07) is 11.4. The molecule has 2 rings (SSSR count). The topological polar surface area (TPSA) is 89.3 Å². The number of hydrogen-bond acceptors (Lipinski definition) is 3. The number of benzene rings is 2. The number of rotatable bonds is 5. The number of anilines is 1. The number of amides is 1. The van der Waals surface area contributed by atoms with E-state index in [9.17, 15) is 13.2 Å². The number of hydrogen-bond donors (Lipinski definition) is 2. The lowest BCUT2D eigenvalue weighted by Crippen LogP contribution is -2.16. The molecule has 0 saturated heterocycles. The van der Waals surface area contributed by atoms with Crippen LogP contribution in [-0.4, -0.2) is 14.3 Å². The van der Waals surface area contributed by atoms with Gasteiger partial charge in [-0.3, -0.25) is 4.79 Å². The maximum absolute atomic E-state index is 12.1. The monoisotopic (exact) mass is 372 g/mol. The van der Waals surface area contributed by atoms with Crippen LogP contribution < -0.4 is 10.5 Å². The van der Waals surface area contributed by atoms with E-state index in [0.29, 0.717) is 26.9 Å². The van der Waals surface area contributed by atoms with E-state index in [0.717, 1.165) is 0 Å². The van der Waals surface area contributed by atoms with E-state index >= 15 is 0 Å². The van der Waals surface area contributed by atoms with Gasteiger partial charge < -0.3 is 5.32 Å². The van der Waals surface area contributed by atoms with Crippen molar-refractivity contribution in [2.24, 2.45) is 5.14 Å². The largest absolute Gasteiger partial charge is 0.326 e. The van der Waals surface area contributed by atoms with E-state index in [2.05, 4.69) is 5.32 Å². The average Bonchev–Trinajstić information content (AvgIpc) is 2.44. The Morgan fingerprint density at radius 2 is 1.61 bits per heavy atom. The summed E-state index contributed by atoms with van der Waals surface area (Å²) in [7, 11) is -3.58. The molecular weight excluding hydrogens is 359 g/mol. The van der Waals surface area contributed by atoms with E-state index in [-0.39, 0.29) is 18.1 Å². The number of sulfonamides is 1. The van der Waals surface area contributed by atoms with Gasteiger partial charge in [0, 0.05) is 15.7 Å². The van der Waals surface area contributed by atoms with Gasteiger partial charge in [-0.1, -0.05) is 41.4 Å². The summed E-state index contributed by atoms with van der Waals surface area (Å²) < 4.78 is 22.0. The normalized spacial score (nSPS) is 11.3. The van der Waals surface area contributed by atoms with Crippen molar-refractivity contribution >= 4 is 44.8 Å². The van der Waals surface area contributed by atoms with Crippen LogP contribution in [0.5, 0.6) is 0 Å². The molecule has 0 aromatic heterocycles. The predicted octanol–water partition coefficient (Wildman–Crippen LogP) is 2.96. The van der Waals surface area contributed by atoms with Crippen molar-refractivity contribution in [2.75, 3.05) is 5.32 Å². The lowest BCUT2D eigenvalue weighted by atomic mass is 10.1. The van der Waals surface area contributed by atoms with Gasteiger partial charge in [0.05, 0.1) is 12.2 Å². The molecule has 0 aliphatic rings. The number of primary sulfonamides is 1. The van der Waals surface area contributed by atoms with E-state index in [1.54, 1.807) is 42.5 Å². The zero-order chi connectivity index (χ0) is 17.0. The minimum absolute atomic E-state index is 0.0391. The van der Waals surface area contributed by atoms with Gasteiger partial charge in [-0.25, -0.2) is 13.6 Å². The molecule has 5 nitrogen and oxygen atoms in total. The van der Waals surface area contributed by atoms with Crippen LogP contribution in [0.3, 0.4) is 0 Å². The van der Waals surface area contributed by atoms with Crippen LogP contribution >= 0.6 is 23.2 Å². The highest BCUT2D eigenvalue weighted by atomic mass is 35.5. The van der Waals surface area contributed by atoms with Crippen LogP contribution in [-0.2, 0) is 27.0 Å². The van der Waals surface area contributed by atoms with Crippen molar-refractivity contribution in [1.82, 2.24) is 0 Å². The molecule has 0 bridgehead atoms. The molecule has 1 amide bonds. The van der Waals surface area contributed by atoms with Crippen LogP contribution in [0.4, 0.5) is 5.69 Å². The smallest absolute Gasteiger partial charge is 0.228 e. The summed E-state index contributed by atoms with van der Waals surface area (Å²) in [5.41, 5.74) is 1.63. The lowest BCUT2D eigenvalue weighted by Gasteiger charge is -2.09. The minimum Gasteiger partial charge on any atom is -0.326 e. The number of nitrogens with two attached hydrogens (primary N) is 1. The molecule has 2 aromatic carbocycles. The molecule has 0 fully saturated rings. The molecule has 2 aromatic rings. The molecule has 0 radical (unpaired) electrons. The number of carbonyl (C=O) groups is 1. The van der Waals surface area contributed by atoms with Crippen molar-refractivity contribution in [3.63, 3.8) is 0 Å². The maximum atomic E-state index is 12.1. The van der Waals surface area contributed by atoms with Crippen molar-refractivity contribution in [3.05, 3.63) is 63.6 Å². The summed E-state index contributed by atoms with van der Waals surface area (Å²) in [4.78, 5) is 12.1. The lowest BCUT2D eigenvalue weighted by molar-refractivity contribution is -0.115. The highest BCUT2D eigenvalue weighted by Crippen LogP contribution is 2.25. The van der Waals surface area contributed by atoms with Crippen molar-refractivity contribution in [3.8, 4) is 0 Å². The maximum Gasteiger partial charge on any atom is 0.228 e. The van der Waals surface area contributed by atoms with E-state index in [1.165, 1.54) is 0 Å². The second kappa shape index (κ2) is 7.31. The van der Waals surface area contributed by atoms with Gasteiger partial charge in [0.1, 0.15) is 0 Å². The number of carbonyl (C=O) groups excluding carboxylic acids is 1. The quantitative estimate of drug-likeness (QED) is 0.845. The highest BCUT2D eigenvalue weighted by Gasteiger charge is 2.11. The van der Waals surface area contributed by atoms with E-state index < -0.39 is 10.0 Å². The summed E-state index contributed by atoms with van der Waals surface area (Å²) in [5, 5.41) is 8.53. The average molecular weight is 373 g/mol. The van der Waals surface area contributed by atoms with Gasteiger partial charge in [0.2, 0.25) is 15.9 Å². The zero-order valence-electron chi connectivity index (χ0n) is 11.9. The molecule has 0 heterocycles. The van der Waals surface area contributed by atoms with Gasteiger partial charge in [0.15, 0.2) is 0 Å². The second-order valence-electron chi connectivity index (χ2n) is 4.93. The Kier molecular flexibility index (Phi) is 5.64. The Balaban J connectivity index is 2.03. The molecule has 0 aliphatic heterocycles. The standard InChI is InChI=1S/C15H14Cl2N2O3S/c16-13-2-1-3-14(17)12(13)8-15(20)19-11-6-4-10(5-7-11)9-23(18,21)22/h1-7H,8-9H2,(H,19,20)(H2,18,21,22). The summed E-state index contributed by atoms with van der Waals surface area (Å²) in [6.45, 7) is 0. The van der Waals surface area contributed by atoms with E-state index in [1.807, 2.05) is 0 Å². The van der Waals surface area contributed by atoms with Crippen LogP contribution in [0.1, 0.15) is 11.1 Å². The van der Waals surface area contributed by atoms with Crippen molar-refractivity contribution in [2.45, 2.75) is 12.2 Å². The third-order valence-corrected chi connectivity index (χ3v) is 4.45. The zero-order valence-corrected chi connectivity index (χ0v) is 14.3. The van der Waals surface area contributed by atoms with Crippen LogP contribution in [0, 0.1) is 0 Å². The first-order valence-electron chi connectivity index (χ1n) is 6.57. The molecule has 23 heavy (non-hydrogen) atoms. The fourth-order valence-corrected chi connectivity index (χ4v) is 3.17. The molecule has 0 unspecified atom stereocenters. The summed E-state index contributed by atoms with van der Waals surface area (Å²) in [5.74, 6) is -0.532. The van der Waals surface area contributed by atoms with Gasteiger partial charge in [-0.15, -0.1) is 0 Å². The SMILES string of the molecule is NS(=O)(=O)Cc1ccc(NC(=O)Cc2c(Cl)cccc2Cl)cc1. The van der Waals surface area contributed by atoms with Crippen LogP contribution in [0.25, 0.3) is 0 Å². The van der Waals surface area contributed by atoms with Gasteiger partial charge in [0.25, 0.3) is 0 Å². The fraction of sp³-hybridized carbons (Fsp3) is 0.133. The molecule has 0 spiro atoms. The Labute approximate surface area is 144 Å². The number of nitrogens with one attached hydrogen (secondary N) is 1. The molecule has 8 heteroatoms. The first-order chi connectivity index (χ1) is 10.7. The first kappa shape index (κ1) is 17.7. The Morgan fingerprint density at radius 1 is 1.04 bits per heavy atom. The first-order valence-corrected chi connectivity index (χ1v) is 9.04. The van der Waals surface area contributed by atoms with Gasteiger partial charge >= 0.3 is 0 Å². The molecule has 122 valence electrons. The molecule has 3 N–H and O–H groups in total. The molecule has 0 atom stereocenters. The van der Waals surface area contributed by atoms with Gasteiger partial charge in [-0.05, 0) is 35.4 Å². The number of halogens is 2. The molecule has 0 aliphatic carbocycles. The van der Waals surface area contributed by atoms with Crippen molar-refractivity contribution in [1.29, 1.82) is 0 Å². The highest BCUT2D eigenvalue weighted by molar-refractivity contribution is 7.88. The Morgan fingerprint density at radius 3 is 2.13 bits per heavy atom. The molecule has 0 saturated carbocycles. The predicted molar refractivity (Wildman–Crippen MR) is 92.0 cm³/mol. The summed E-state index contributed by atoms with van der Waals surface area (Å²) >= 11 is 12.1. The fourth-order valence-electron chi connectivity index (χ4n) is 1.98. The Hall–Kier alpha value is -1.60. The second-order valence-corrected chi connectivity index (χ2v) is 7.36. The van der Waals surface area contributed by atoms with Crippen molar-refractivity contribution < 1.29 is 13.2 Å². The van der Waals surface area contributed by atoms with Gasteiger partial charge in [-0.2, -0.15) is 0 Å². The molecular formula is C15H14Cl2N2O3S. The third kappa shape index (κ3) is 5.51.